The van der Waals surface area contributed by atoms with Gasteiger partial charge in [-0.15, -0.1) is 11.3 Å². The van der Waals surface area contributed by atoms with Crippen LogP contribution < -0.4 is 0 Å². The molecule has 0 spiro atoms. The van der Waals surface area contributed by atoms with E-state index >= 15 is 0 Å². The van der Waals surface area contributed by atoms with E-state index in [4.69, 9.17) is 4.74 Å². The highest BCUT2D eigenvalue weighted by molar-refractivity contribution is 7.98. The molecule has 0 aromatic carbocycles. The van der Waals surface area contributed by atoms with Crippen LogP contribution >= 0.6 is 23.1 Å². The molecule has 2 rings (SSSR count). The van der Waals surface area contributed by atoms with Crippen molar-refractivity contribution in [2.24, 2.45) is 0 Å². The molecule has 0 fully saturated rings. The van der Waals surface area contributed by atoms with Gasteiger partial charge in [0, 0.05) is 10.6 Å². The molecule has 0 saturated carbocycles. The summed E-state index contributed by atoms with van der Waals surface area (Å²) in [4.78, 5) is 14.1. The van der Waals surface area contributed by atoms with E-state index in [2.05, 4.69) is 6.07 Å². The SMILES string of the molecule is CC(C)OCC(=O)c1cc2c(s1)CCSC2. The molecule has 2 heterocycles. The topological polar surface area (TPSA) is 26.3 Å². The average Bonchev–Trinajstić information content (AvgIpc) is 2.69. The van der Waals surface area contributed by atoms with Crippen LogP contribution in [0.2, 0.25) is 0 Å². The quantitative estimate of drug-likeness (QED) is 0.774. The highest BCUT2D eigenvalue weighted by Gasteiger charge is 2.17. The summed E-state index contributed by atoms with van der Waals surface area (Å²) < 4.78 is 5.34. The normalized spacial score (nSPS) is 15.2. The molecule has 0 saturated heterocycles. The molecule has 1 aliphatic rings. The van der Waals surface area contributed by atoms with Crippen LogP contribution in [0.1, 0.15) is 34.0 Å². The van der Waals surface area contributed by atoms with Gasteiger partial charge < -0.3 is 4.74 Å². The highest BCUT2D eigenvalue weighted by atomic mass is 32.2. The lowest BCUT2D eigenvalue weighted by molar-refractivity contribution is 0.0588. The van der Waals surface area contributed by atoms with Gasteiger partial charge in [-0.1, -0.05) is 0 Å². The van der Waals surface area contributed by atoms with Crippen molar-refractivity contribution in [2.75, 3.05) is 12.4 Å². The number of rotatable bonds is 4. The third-order valence-electron chi connectivity index (χ3n) is 2.45. The summed E-state index contributed by atoms with van der Waals surface area (Å²) in [5, 5.41) is 0. The lowest BCUT2D eigenvalue weighted by Gasteiger charge is -2.08. The number of thioether (sulfide) groups is 1. The summed E-state index contributed by atoms with van der Waals surface area (Å²) in [7, 11) is 0. The molecule has 16 heavy (non-hydrogen) atoms. The van der Waals surface area contributed by atoms with Crippen LogP contribution in [-0.4, -0.2) is 24.2 Å². The molecule has 0 bridgehead atoms. The van der Waals surface area contributed by atoms with E-state index in [1.807, 2.05) is 25.6 Å². The summed E-state index contributed by atoms with van der Waals surface area (Å²) in [6.07, 6.45) is 1.23. The minimum atomic E-state index is 0.120. The standard InChI is InChI=1S/C12H16O2S2/c1-8(2)14-6-10(13)12-5-9-7-15-4-3-11(9)16-12/h5,8H,3-4,6-7H2,1-2H3. The third kappa shape index (κ3) is 2.87. The van der Waals surface area contributed by atoms with Crippen molar-refractivity contribution in [2.45, 2.75) is 32.1 Å². The molecule has 0 atom stereocenters. The molecule has 0 N–H and O–H groups in total. The van der Waals surface area contributed by atoms with Gasteiger partial charge in [0.05, 0.1) is 11.0 Å². The molecule has 88 valence electrons. The summed E-state index contributed by atoms with van der Waals surface area (Å²) >= 11 is 3.60. The smallest absolute Gasteiger partial charge is 0.198 e. The van der Waals surface area contributed by atoms with Gasteiger partial charge >= 0.3 is 0 Å². The predicted octanol–water partition coefficient (Wildman–Crippen LogP) is 3.15. The molecule has 1 aromatic rings. The molecule has 1 aliphatic heterocycles. The zero-order valence-electron chi connectivity index (χ0n) is 9.62. The minimum Gasteiger partial charge on any atom is -0.371 e. The van der Waals surface area contributed by atoms with Gasteiger partial charge in [-0.05, 0) is 37.7 Å². The second-order valence-electron chi connectivity index (χ2n) is 4.14. The Kier molecular flexibility index (Phi) is 4.05. The fourth-order valence-corrected chi connectivity index (χ4v) is 3.89. The van der Waals surface area contributed by atoms with Gasteiger partial charge in [0.15, 0.2) is 5.78 Å². The van der Waals surface area contributed by atoms with Crippen LogP contribution in [0, 0.1) is 0 Å². The fraction of sp³-hybridized carbons (Fsp3) is 0.583. The number of carbonyl (C=O) groups excluding carboxylic acids is 1. The number of thiophene rings is 1. The maximum Gasteiger partial charge on any atom is 0.198 e. The number of ether oxygens (including phenoxy) is 1. The van der Waals surface area contributed by atoms with Crippen LogP contribution in [0.4, 0.5) is 0 Å². The molecule has 0 unspecified atom stereocenters. The van der Waals surface area contributed by atoms with Crippen molar-refractivity contribution in [3.05, 3.63) is 21.4 Å². The Bertz CT molecular complexity index is 359. The Hall–Kier alpha value is -0.320. The van der Waals surface area contributed by atoms with Crippen LogP contribution in [0.3, 0.4) is 0 Å². The third-order valence-corrected chi connectivity index (χ3v) is 4.74. The molecule has 4 heteroatoms. The molecule has 2 nitrogen and oxygen atoms in total. The molecule has 1 aromatic heterocycles. The number of aryl methyl sites for hydroxylation is 1. The summed E-state index contributed by atoms with van der Waals surface area (Å²) in [5.74, 6) is 2.37. The maximum atomic E-state index is 11.8. The Morgan fingerprint density at radius 1 is 1.56 bits per heavy atom. The van der Waals surface area contributed by atoms with Crippen molar-refractivity contribution >= 4 is 28.9 Å². The van der Waals surface area contributed by atoms with Crippen molar-refractivity contribution in [3.8, 4) is 0 Å². The molecular formula is C12H16O2S2. The average molecular weight is 256 g/mol. The minimum absolute atomic E-state index is 0.120. The Morgan fingerprint density at radius 3 is 3.06 bits per heavy atom. The number of Topliss-reactive ketones (excluding diaryl/α,β-unsaturated/α-hetero) is 1. The van der Waals surface area contributed by atoms with Gasteiger partial charge in [-0.2, -0.15) is 11.8 Å². The fourth-order valence-electron chi connectivity index (χ4n) is 1.60. The monoisotopic (exact) mass is 256 g/mol. The number of carbonyl (C=O) groups is 1. The van der Waals surface area contributed by atoms with Crippen molar-refractivity contribution in [1.29, 1.82) is 0 Å². The van der Waals surface area contributed by atoms with Crippen LogP contribution in [0.15, 0.2) is 6.07 Å². The van der Waals surface area contributed by atoms with E-state index < -0.39 is 0 Å². The lowest BCUT2D eigenvalue weighted by Crippen LogP contribution is -2.12. The first-order valence-electron chi connectivity index (χ1n) is 5.51. The highest BCUT2D eigenvalue weighted by Crippen LogP contribution is 2.31. The summed E-state index contributed by atoms with van der Waals surface area (Å²) in [5.41, 5.74) is 1.36. The van der Waals surface area contributed by atoms with E-state index in [-0.39, 0.29) is 18.5 Å². The van der Waals surface area contributed by atoms with Gasteiger partial charge in [0.2, 0.25) is 0 Å². The van der Waals surface area contributed by atoms with Crippen molar-refractivity contribution in [3.63, 3.8) is 0 Å². The second kappa shape index (κ2) is 5.34. The first-order chi connectivity index (χ1) is 7.66. The van der Waals surface area contributed by atoms with E-state index in [0.717, 1.165) is 17.1 Å². The van der Waals surface area contributed by atoms with Crippen LogP contribution in [0.5, 0.6) is 0 Å². The number of fused-ring (bicyclic) bond motifs is 1. The number of hydrogen-bond donors (Lipinski definition) is 0. The first kappa shape index (κ1) is 12.1. The largest absolute Gasteiger partial charge is 0.371 e. The maximum absolute atomic E-state index is 11.8. The van der Waals surface area contributed by atoms with E-state index in [9.17, 15) is 4.79 Å². The number of ketones is 1. The van der Waals surface area contributed by atoms with E-state index in [1.54, 1.807) is 11.3 Å². The number of hydrogen-bond acceptors (Lipinski definition) is 4. The van der Waals surface area contributed by atoms with Gasteiger partial charge in [0.25, 0.3) is 0 Å². The van der Waals surface area contributed by atoms with Crippen molar-refractivity contribution < 1.29 is 9.53 Å². The zero-order chi connectivity index (χ0) is 11.5. The lowest BCUT2D eigenvalue weighted by atomic mass is 10.2. The first-order valence-corrected chi connectivity index (χ1v) is 7.48. The zero-order valence-corrected chi connectivity index (χ0v) is 11.2. The van der Waals surface area contributed by atoms with Crippen molar-refractivity contribution in [1.82, 2.24) is 0 Å². The molecule has 0 aliphatic carbocycles. The van der Waals surface area contributed by atoms with Gasteiger partial charge in [0.1, 0.15) is 6.61 Å². The summed E-state index contributed by atoms with van der Waals surface area (Å²) in [6, 6.07) is 2.05. The van der Waals surface area contributed by atoms with Gasteiger partial charge in [-0.25, -0.2) is 0 Å². The van der Waals surface area contributed by atoms with Crippen LogP contribution in [-0.2, 0) is 16.9 Å². The van der Waals surface area contributed by atoms with Crippen LogP contribution in [0.25, 0.3) is 0 Å². The molecule has 0 amide bonds. The second-order valence-corrected chi connectivity index (χ2v) is 6.39. The van der Waals surface area contributed by atoms with E-state index in [0.29, 0.717) is 0 Å². The Balaban J connectivity index is 2.03. The predicted molar refractivity (Wildman–Crippen MR) is 69.6 cm³/mol. The van der Waals surface area contributed by atoms with Gasteiger partial charge in [-0.3, -0.25) is 4.79 Å². The molecular weight excluding hydrogens is 240 g/mol. The summed E-state index contributed by atoms with van der Waals surface area (Å²) in [6.45, 7) is 4.11. The Labute approximate surface area is 104 Å². The van der Waals surface area contributed by atoms with E-state index in [1.165, 1.54) is 16.2 Å². The Morgan fingerprint density at radius 2 is 2.38 bits per heavy atom. The molecule has 0 radical (unpaired) electrons.